The third kappa shape index (κ3) is 2.25. The van der Waals surface area contributed by atoms with Gasteiger partial charge in [0, 0.05) is 12.7 Å². The standard InChI is InChI=1S/C14H12FN3/c1-18(12-5-2-10(9-16)3-6-12)14-8-11(15)4-7-13(14)17/h2-8H,17H2,1H3. The zero-order valence-electron chi connectivity index (χ0n) is 9.89. The second-order valence-corrected chi connectivity index (χ2v) is 3.92. The van der Waals surface area contributed by atoms with Crippen molar-refractivity contribution in [2.24, 2.45) is 0 Å². The molecule has 0 amide bonds. The van der Waals surface area contributed by atoms with Crippen LogP contribution in [0.25, 0.3) is 0 Å². The molecule has 0 bridgehead atoms. The molecule has 0 radical (unpaired) electrons. The second-order valence-electron chi connectivity index (χ2n) is 3.92. The van der Waals surface area contributed by atoms with E-state index in [1.165, 1.54) is 18.2 Å². The quantitative estimate of drug-likeness (QED) is 0.822. The summed E-state index contributed by atoms with van der Waals surface area (Å²) >= 11 is 0. The van der Waals surface area contributed by atoms with Gasteiger partial charge in [-0.25, -0.2) is 4.39 Å². The Bertz CT molecular complexity index is 599. The Morgan fingerprint density at radius 1 is 1.17 bits per heavy atom. The molecule has 0 aromatic heterocycles. The summed E-state index contributed by atoms with van der Waals surface area (Å²) in [6, 6.07) is 13.3. The lowest BCUT2D eigenvalue weighted by molar-refractivity contribution is 0.628. The lowest BCUT2D eigenvalue weighted by Crippen LogP contribution is -2.11. The van der Waals surface area contributed by atoms with E-state index in [4.69, 9.17) is 11.0 Å². The zero-order chi connectivity index (χ0) is 13.1. The van der Waals surface area contributed by atoms with Crippen LogP contribution in [-0.2, 0) is 0 Å². The van der Waals surface area contributed by atoms with Gasteiger partial charge in [0.2, 0.25) is 0 Å². The summed E-state index contributed by atoms with van der Waals surface area (Å²) in [5.41, 5.74) is 8.34. The van der Waals surface area contributed by atoms with Gasteiger partial charge in [-0.05, 0) is 42.5 Å². The molecule has 0 unspecified atom stereocenters. The van der Waals surface area contributed by atoms with Gasteiger partial charge in [0.15, 0.2) is 0 Å². The number of nitrogens with two attached hydrogens (primary N) is 1. The second kappa shape index (κ2) is 4.76. The number of nitriles is 1. The number of hydrogen-bond donors (Lipinski definition) is 1. The van der Waals surface area contributed by atoms with Crippen molar-refractivity contribution < 1.29 is 4.39 Å². The third-order valence-corrected chi connectivity index (χ3v) is 2.74. The van der Waals surface area contributed by atoms with Gasteiger partial charge >= 0.3 is 0 Å². The lowest BCUT2D eigenvalue weighted by Gasteiger charge is -2.21. The molecule has 2 aromatic rings. The summed E-state index contributed by atoms with van der Waals surface area (Å²) in [5, 5.41) is 8.73. The molecule has 18 heavy (non-hydrogen) atoms. The van der Waals surface area contributed by atoms with Gasteiger partial charge in [-0.2, -0.15) is 5.26 Å². The van der Waals surface area contributed by atoms with Gasteiger partial charge in [-0.3, -0.25) is 0 Å². The van der Waals surface area contributed by atoms with Gasteiger partial charge in [0.25, 0.3) is 0 Å². The van der Waals surface area contributed by atoms with Crippen LogP contribution >= 0.6 is 0 Å². The van der Waals surface area contributed by atoms with Crippen molar-refractivity contribution in [1.82, 2.24) is 0 Å². The highest BCUT2D eigenvalue weighted by Gasteiger charge is 2.08. The first kappa shape index (κ1) is 11.9. The summed E-state index contributed by atoms with van der Waals surface area (Å²) in [4.78, 5) is 1.78. The molecule has 0 spiro atoms. The summed E-state index contributed by atoms with van der Waals surface area (Å²) in [7, 11) is 1.80. The molecule has 0 aliphatic heterocycles. The summed E-state index contributed by atoms with van der Waals surface area (Å²) in [5.74, 6) is -0.334. The largest absolute Gasteiger partial charge is 0.397 e. The number of nitrogen functional groups attached to an aromatic ring is 1. The molecule has 2 N–H and O–H groups in total. The van der Waals surface area contributed by atoms with Crippen LogP contribution in [0.15, 0.2) is 42.5 Å². The smallest absolute Gasteiger partial charge is 0.125 e. The van der Waals surface area contributed by atoms with Gasteiger partial charge in [-0.1, -0.05) is 0 Å². The van der Waals surface area contributed by atoms with E-state index in [2.05, 4.69) is 6.07 Å². The molecule has 2 aromatic carbocycles. The molecule has 0 saturated carbocycles. The normalized spacial score (nSPS) is 9.83. The lowest BCUT2D eigenvalue weighted by atomic mass is 10.2. The molecule has 3 nitrogen and oxygen atoms in total. The van der Waals surface area contributed by atoms with Crippen molar-refractivity contribution in [3.05, 3.63) is 53.8 Å². The van der Waals surface area contributed by atoms with Crippen molar-refractivity contribution >= 4 is 17.1 Å². The monoisotopic (exact) mass is 241 g/mol. The minimum absolute atomic E-state index is 0.334. The van der Waals surface area contributed by atoms with Crippen LogP contribution in [0.5, 0.6) is 0 Å². The van der Waals surface area contributed by atoms with Gasteiger partial charge in [0.05, 0.1) is 23.0 Å². The highest BCUT2D eigenvalue weighted by Crippen LogP contribution is 2.29. The number of anilines is 3. The summed E-state index contributed by atoms with van der Waals surface area (Å²) < 4.78 is 13.2. The van der Waals surface area contributed by atoms with E-state index in [9.17, 15) is 4.39 Å². The first-order valence-corrected chi connectivity index (χ1v) is 5.41. The zero-order valence-corrected chi connectivity index (χ0v) is 9.89. The highest BCUT2D eigenvalue weighted by molar-refractivity contribution is 5.74. The summed E-state index contributed by atoms with van der Waals surface area (Å²) in [6.45, 7) is 0. The number of halogens is 1. The van der Waals surface area contributed by atoms with Crippen LogP contribution in [0.4, 0.5) is 21.5 Å². The number of nitrogens with zero attached hydrogens (tertiary/aromatic N) is 2. The Labute approximate surface area is 105 Å². The highest BCUT2D eigenvalue weighted by atomic mass is 19.1. The molecule has 0 saturated heterocycles. The van der Waals surface area contributed by atoms with Crippen LogP contribution in [-0.4, -0.2) is 7.05 Å². The Kier molecular flexibility index (Phi) is 3.16. The maximum absolute atomic E-state index is 13.2. The third-order valence-electron chi connectivity index (χ3n) is 2.74. The Morgan fingerprint density at radius 3 is 2.44 bits per heavy atom. The molecule has 2 rings (SSSR count). The molecule has 0 atom stereocenters. The van der Waals surface area contributed by atoms with E-state index in [0.29, 0.717) is 16.9 Å². The number of hydrogen-bond acceptors (Lipinski definition) is 3. The number of benzene rings is 2. The van der Waals surface area contributed by atoms with Crippen molar-refractivity contribution in [3.63, 3.8) is 0 Å². The number of rotatable bonds is 2. The van der Waals surface area contributed by atoms with Gasteiger partial charge in [-0.15, -0.1) is 0 Å². The first-order valence-electron chi connectivity index (χ1n) is 5.41. The fraction of sp³-hybridized carbons (Fsp3) is 0.0714. The molecular weight excluding hydrogens is 229 g/mol. The predicted octanol–water partition coefficient (Wildman–Crippen LogP) is 3.05. The average Bonchev–Trinajstić information content (AvgIpc) is 2.41. The Balaban J connectivity index is 2.38. The Morgan fingerprint density at radius 2 is 1.83 bits per heavy atom. The van der Waals surface area contributed by atoms with Gasteiger partial charge in [0.1, 0.15) is 5.82 Å². The van der Waals surface area contributed by atoms with E-state index in [1.807, 2.05) is 0 Å². The van der Waals surface area contributed by atoms with E-state index < -0.39 is 0 Å². The van der Waals surface area contributed by atoms with E-state index in [0.717, 1.165) is 5.69 Å². The average molecular weight is 241 g/mol. The molecule has 4 heteroatoms. The van der Waals surface area contributed by atoms with Crippen LogP contribution in [0, 0.1) is 17.1 Å². The molecule has 0 fully saturated rings. The molecule has 90 valence electrons. The minimum Gasteiger partial charge on any atom is -0.397 e. The Hall–Kier alpha value is -2.54. The van der Waals surface area contributed by atoms with Crippen molar-refractivity contribution in [2.75, 3.05) is 17.7 Å². The first-order chi connectivity index (χ1) is 8.61. The van der Waals surface area contributed by atoms with Crippen molar-refractivity contribution in [3.8, 4) is 6.07 Å². The van der Waals surface area contributed by atoms with E-state index in [-0.39, 0.29) is 5.82 Å². The topological polar surface area (TPSA) is 53.0 Å². The van der Waals surface area contributed by atoms with Crippen LogP contribution in [0.3, 0.4) is 0 Å². The van der Waals surface area contributed by atoms with E-state index in [1.54, 1.807) is 36.2 Å². The SMILES string of the molecule is CN(c1ccc(C#N)cc1)c1cc(F)ccc1N. The van der Waals surface area contributed by atoms with Crippen LogP contribution in [0.1, 0.15) is 5.56 Å². The molecule has 0 aliphatic carbocycles. The summed E-state index contributed by atoms with van der Waals surface area (Å²) in [6.07, 6.45) is 0. The maximum Gasteiger partial charge on any atom is 0.125 e. The van der Waals surface area contributed by atoms with Crippen molar-refractivity contribution in [1.29, 1.82) is 5.26 Å². The maximum atomic E-state index is 13.2. The van der Waals surface area contributed by atoms with Crippen LogP contribution in [0.2, 0.25) is 0 Å². The fourth-order valence-electron chi connectivity index (χ4n) is 1.71. The van der Waals surface area contributed by atoms with Crippen LogP contribution < -0.4 is 10.6 Å². The fourth-order valence-corrected chi connectivity index (χ4v) is 1.71. The van der Waals surface area contributed by atoms with E-state index >= 15 is 0 Å². The van der Waals surface area contributed by atoms with Crippen molar-refractivity contribution in [2.45, 2.75) is 0 Å². The van der Waals surface area contributed by atoms with Gasteiger partial charge < -0.3 is 10.6 Å². The molecule has 0 heterocycles. The predicted molar refractivity (Wildman–Crippen MR) is 70.0 cm³/mol. The minimum atomic E-state index is -0.334. The molecular formula is C14H12FN3. The molecule has 0 aliphatic rings.